The number of furan rings is 1. The van der Waals surface area contributed by atoms with Gasteiger partial charge in [0.25, 0.3) is 5.69 Å². The molecule has 0 bridgehead atoms. The van der Waals surface area contributed by atoms with E-state index >= 15 is 0 Å². The van der Waals surface area contributed by atoms with Crippen molar-refractivity contribution in [2.75, 3.05) is 18.9 Å². The Morgan fingerprint density at radius 3 is 2.82 bits per heavy atom. The minimum absolute atomic E-state index is 0.103. The highest BCUT2D eigenvalue weighted by Crippen LogP contribution is 2.25. The Hall–Kier alpha value is -2.67. The van der Waals surface area contributed by atoms with Crippen LogP contribution in [0.5, 0.6) is 0 Å². The zero-order valence-corrected chi connectivity index (χ0v) is 12.4. The number of likely N-dealkylation sites (N-methyl/N-ethyl adjacent to an activating group) is 1. The molecule has 1 aromatic heterocycles. The molecule has 0 atom stereocenters. The summed E-state index contributed by atoms with van der Waals surface area (Å²) in [7, 11) is 1.77. The van der Waals surface area contributed by atoms with Crippen molar-refractivity contribution in [3.8, 4) is 0 Å². The number of hydrogen-bond donors (Lipinski definition) is 1. The third-order valence-electron chi connectivity index (χ3n) is 3.04. The van der Waals surface area contributed by atoms with Crippen molar-refractivity contribution >= 4 is 17.3 Å². The summed E-state index contributed by atoms with van der Waals surface area (Å²) in [6, 6.07) is 8.29. The number of amides is 1. The SMILES string of the molecule is Cc1ccc(NC(=O)CN(C)Cc2ccco2)c([N+](=O)[O-])c1. The van der Waals surface area contributed by atoms with E-state index in [9.17, 15) is 14.9 Å². The van der Waals surface area contributed by atoms with Crippen LogP contribution in [0.15, 0.2) is 41.0 Å². The fourth-order valence-electron chi connectivity index (χ4n) is 2.06. The van der Waals surface area contributed by atoms with Gasteiger partial charge in [0, 0.05) is 6.07 Å². The third-order valence-corrected chi connectivity index (χ3v) is 3.04. The number of benzene rings is 1. The molecule has 0 unspecified atom stereocenters. The van der Waals surface area contributed by atoms with Crippen molar-refractivity contribution in [2.45, 2.75) is 13.5 Å². The first-order valence-electron chi connectivity index (χ1n) is 6.71. The Labute approximate surface area is 127 Å². The number of nitro benzene ring substituents is 1. The summed E-state index contributed by atoms with van der Waals surface area (Å²) >= 11 is 0. The van der Waals surface area contributed by atoms with Gasteiger partial charge in [-0.2, -0.15) is 0 Å². The number of carbonyl (C=O) groups is 1. The van der Waals surface area contributed by atoms with Crippen molar-refractivity contribution in [3.05, 3.63) is 58.0 Å². The molecule has 1 N–H and O–H groups in total. The van der Waals surface area contributed by atoms with Gasteiger partial charge < -0.3 is 9.73 Å². The van der Waals surface area contributed by atoms with Gasteiger partial charge in [-0.1, -0.05) is 6.07 Å². The van der Waals surface area contributed by atoms with Crippen LogP contribution < -0.4 is 5.32 Å². The number of nitrogens with zero attached hydrogens (tertiary/aromatic N) is 2. The molecular weight excluding hydrogens is 286 g/mol. The lowest BCUT2D eigenvalue weighted by Crippen LogP contribution is -2.29. The van der Waals surface area contributed by atoms with E-state index in [0.29, 0.717) is 6.54 Å². The third kappa shape index (κ3) is 4.16. The summed E-state index contributed by atoms with van der Waals surface area (Å²) in [5, 5.41) is 13.6. The molecule has 0 fully saturated rings. The Balaban J connectivity index is 1.98. The number of carbonyl (C=O) groups excluding carboxylic acids is 1. The second-order valence-electron chi connectivity index (χ2n) is 5.08. The Morgan fingerprint density at radius 1 is 1.41 bits per heavy atom. The van der Waals surface area contributed by atoms with E-state index in [2.05, 4.69) is 5.32 Å². The molecule has 7 nitrogen and oxygen atoms in total. The van der Waals surface area contributed by atoms with Crippen LogP contribution in [0.25, 0.3) is 0 Å². The lowest BCUT2D eigenvalue weighted by atomic mass is 10.2. The molecule has 0 aliphatic carbocycles. The predicted molar refractivity (Wildman–Crippen MR) is 81.5 cm³/mol. The molecule has 2 aromatic rings. The normalized spacial score (nSPS) is 10.7. The van der Waals surface area contributed by atoms with Crippen LogP contribution >= 0.6 is 0 Å². The highest BCUT2D eigenvalue weighted by Gasteiger charge is 2.17. The van der Waals surface area contributed by atoms with Crippen molar-refractivity contribution < 1.29 is 14.1 Å². The average Bonchev–Trinajstić information content (AvgIpc) is 2.93. The van der Waals surface area contributed by atoms with Gasteiger partial charge in [-0.3, -0.25) is 19.8 Å². The van der Waals surface area contributed by atoms with E-state index in [4.69, 9.17) is 4.42 Å². The number of aryl methyl sites for hydroxylation is 1. The molecule has 2 rings (SSSR count). The van der Waals surface area contributed by atoms with Crippen LogP contribution in [-0.4, -0.2) is 29.3 Å². The highest BCUT2D eigenvalue weighted by molar-refractivity contribution is 5.94. The zero-order chi connectivity index (χ0) is 16.1. The van der Waals surface area contributed by atoms with Crippen LogP contribution in [0.3, 0.4) is 0 Å². The van der Waals surface area contributed by atoms with E-state index < -0.39 is 4.92 Å². The zero-order valence-electron chi connectivity index (χ0n) is 12.4. The first-order chi connectivity index (χ1) is 10.5. The summed E-state index contributed by atoms with van der Waals surface area (Å²) in [4.78, 5) is 24.3. The molecule has 0 radical (unpaired) electrons. The van der Waals surface area contributed by atoms with Crippen molar-refractivity contribution in [1.82, 2.24) is 4.90 Å². The summed E-state index contributed by atoms with van der Waals surface area (Å²) in [6.45, 7) is 2.35. The van der Waals surface area contributed by atoms with Gasteiger partial charge in [-0.25, -0.2) is 0 Å². The Bertz CT molecular complexity index is 667. The molecule has 1 amide bonds. The average molecular weight is 303 g/mol. The van der Waals surface area contributed by atoms with Gasteiger partial charge in [-0.05, 0) is 37.7 Å². The number of hydrogen-bond acceptors (Lipinski definition) is 5. The second kappa shape index (κ2) is 6.86. The molecule has 116 valence electrons. The molecule has 7 heteroatoms. The molecule has 0 aliphatic heterocycles. The molecular formula is C15H17N3O4. The molecule has 1 heterocycles. The van der Waals surface area contributed by atoms with Crippen LogP contribution in [0.1, 0.15) is 11.3 Å². The number of nitro groups is 1. The summed E-state index contributed by atoms with van der Waals surface area (Å²) in [5.74, 6) is 0.428. The monoisotopic (exact) mass is 303 g/mol. The van der Waals surface area contributed by atoms with Crippen molar-refractivity contribution in [1.29, 1.82) is 0 Å². The highest BCUT2D eigenvalue weighted by atomic mass is 16.6. The molecule has 1 aromatic carbocycles. The van der Waals surface area contributed by atoms with Crippen LogP contribution in [-0.2, 0) is 11.3 Å². The van der Waals surface area contributed by atoms with E-state index in [1.54, 1.807) is 37.3 Å². The number of rotatable bonds is 6. The van der Waals surface area contributed by atoms with Crippen LogP contribution in [0.2, 0.25) is 0 Å². The maximum atomic E-state index is 12.0. The number of anilines is 1. The fourth-order valence-corrected chi connectivity index (χ4v) is 2.06. The quantitative estimate of drug-likeness (QED) is 0.654. The summed E-state index contributed by atoms with van der Waals surface area (Å²) in [6.07, 6.45) is 1.57. The van der Waals surface area contributed by atoms with Gasteiger partial charge in [0.15, 0.2) is 0 Å². The largest absolute Gasteiger partial charge is 0.468 e. The standard InChI is InChI=1S/C15H17N3O4/c1-11-5-6-13(14(8-11)18(20)21)16-15(19)10-17(2)9-12-4-3-7-22-12/h3-8H,9-10H2,1-2H3,(H,16,19). The Kier molecular flexibility index (Phi) is 4.90. The van der Waals surface area contributed by atoms with Crippen molar-refractivity contribution in [2.24, 2.45) is 0 Å². The van der Waals surface area contributed by atoms with E-state index in [1.165, 1.54) is 12.1 Å². The van der Waals surface area contributed by atoms with Gasteiger partial charge in [0.05, 0.1) is 24.3 Å². The van der Waals surface area contributed by atoms with Crippen LogP contribution in [0.4, 0.5) is 11.4 Å². The Morgan fingerprint density at radius 2 is 2.18 bits per heavy atom. The van der Waals surface area contributed by atoms with Gasteiger partial charge in [0.1, 0.15) is 11.4 Å². The van der Waals surface area contributed by atoms with Gasteiger partial charge in [-0.15, -0.1) is 0 Å². The minimum Gasteiger partial charge on any atom is -0.468 e. The topological polar surface area (TPSA) is 88.6 Å². The lowest BCUT2D eigenvalue weighted by Gasteiger charge is -2.14. The number of nitrogens with one attached hydrogen (secondary N) is 1. The first-order valence-corrected chi connectivity index (χ1v) is 6.71. The predicted octanol–water partition coefficient (Wildman–Crippen LogP) is 2.57. The molecule has 0 saturated carbocycles. The molecule has 0 aliphatic rings. The maximum absolute atomic E-state index is 12.0. The van der Waals surface area contributed by atoms with E-state index in [-0.39, 0.29) is 23.8 Å². The summed E-state index contributed by atoms with van der Waals surface area (Å²) in [5.41, 5.74) is 0.855. The molecule has 0 saturated heterocycles. The minimum atomic E-state index is -0.505. The maximum Gasteiger partial charge on any atom is 0.293 e. The van der Waals surface area contributed by atoms with E-state index in [0.717, 1.165) is 11.3 Å². The molecule has 22 heavy (non-hydrogen) atoms. The summed E-state index contributed by atoms with van der Waals surface area (Å²) < 4.78 is 5.21. The van der Waals surface area contributed by atoms with Gasteiger partial charge >= 0.3 is 0 Å². The van der Waals surface area contributed by atoms with Crippen LogP contribution in [0, 0.1) is 17.0 Å². The second-order valence-corrected chi connectivity index (χ2v) is 5.08. The molecule has 0 spiro atoms. The first kappa shape index (κ1) is 15.7. The lowest BCUT2D eigenvalue weighted by molar-refractivity contribution is -0.384. The van der Waals surface area contributed by atoms with Gasteiger partial charge in [0.2, 0.25) is 5.91 Å². The smallest absolute Gasteiger partial charge is 0.293 e. The van der Waals surface area contributed by atoms with E-state index in [1.807, 2.05) is 6.07 Å². The van der Waals surface area contributed by atoms with Crippen molar-refractivity contribution in [3.63, 3.8) is 0 Å². The fraction of sp³-hybridized carbons (Fsp3) is 0.267.